The molecule has 0 amide bonds. The molecule has 0 atom stereocenters. The second-order valence-electron chi connectivity index (χ2n) is 6.22. The maximum atomic E-state index is 5.84. The van der Waals surface area contributed by atoms with Gasteiger partial charge < -0.3 is 9.64 Å². The third kappa shape index (κ3) is 7.29. The van der Waals surface area contributed by atoms with Gasteiger partial charge in [0.1, 0.15) is 12.4 Å². The van der Waals surface area contributed by atoms with E-state index in [1.54, 1.807) is 6.20 Å². The lowest BCUT2D eigenvalue weighted by Crippen LogP contribution is -2.12. The van der Waals surface area contributed by atoms with Gasteiger partial charge in [-0.3, -0.25) is 4.98 Å². The van der Waals surface area contributed by atoms with Crippen LogP contribution in [0.3, 0.4) is 0 Å². The Hall–Kier alpha value is -1.87. The maximum Gasteiger partial charge on any atom is 0.130 e. The summed E-state index contributed by atoms with van der Waals surface area (Å²) in [5.74, 6) is 0.931. The molecule has 0 spiro atoms. The first kappa shape index (κ1) is 17.5. The monoisotopic (exact) mass is 312 g/mol. The predicted molar refractivity (Wildman–Crippen MR) is 95.7 cm³/mol. The third-order valence-electron chi connectivity index (χ3n) is 3.83. The van der Waals surface area contributed by atoms with Crippen molar-refractivity contribution in [2.24, 2.45) is 0 Å². The fraction of sp³-hybridized carbons (Fsp3) is 0.450. The third-order valence-corrected chi connectivity index (χ3v) is 3.83. The van der Waals surface area contributed by atoms with Gasteiger partial charge in [-0.1, -0.05) is 31.0 Å². The zero-order chi connectivity index (χ0) is 16.3. The first-order chi connectivity index (χ1) is 11.2. The smallest absolute Gasteiger partial charge is 0.130 e. The molecule has 0 saturated heterocycles. The van der Waals surface area contributed by atoms with Crippen LogP contribution in [0.2, 0.25) is 0 Å². The molecule has 1 aromatic heterocycles. The molecule has 0 aliphatic heterocycles. The second kappa shape index (κ2) is 10.0. The molecule has 3 nitrogen and oxygen atoms in total. The van der Waals surface area contributed by atoms with Crippen LogP contribution in [0, 0.1) is 0 Å². The largest absolute Gasteiger partial charge is 0.487 e. The van der Waals surface area contributed by atoms with Crippen LogP contribution in [-0.4, -0.2) is 30.5 Å². The van der Waals surface area contributed by atoms with Gasteiger partial charge in [0.15, 0.2) is 0 Å². The van der Waals surface area contributed by atoms with Crippen molar-refractivity contribution in [1.82, 2.24) is 9.88 Å². The molecule has 2 aromatic rings. The predicted octanol–water partition coefficient (Wildman–Crippen LogP) is 4.33. The highest BCUT2D eigenvalue weighted by Crippen LogP contribution is 2.17. The van der Waals surface area contributed by atoms with E-state index in [0.717, 1.165) is 17.9 Å². The van der Waals surface area contributed by atoms with Gasteiger partial charge in [0.2, 0.25) is 0 Å². The molecule has 124 valence electrons. The van der Waals surface area contributed by atoms with E-state index < -0.39 is 0 Å². The summed E-state index contributed by atoms with van der Waals surface area (Å²) in [7, 11) is 4.27. The average Bonchev–Trinajstić information content (AvgIpc) is 2.57. The molecule has 23 heavy (non-hydrogen) atoms. The van der Waals surface area contributed by atoms with Gasteiger partial charge in [0.05, 0.1) is 5.69 Å². The van der Waals surface area contributed by atoms with Crippen molar-refractivity contribution >= 4 is 0 Å². The van der Waals surface area contributed by atoms with Gasteiger partial charge in [-0.25, -0.2) is 0 Å². The van der Waals surface area contributed by atoms with Crippen LogP contribution in [0.5, 0.6) is 5.75 Å². The van der Waals surface area contributed by atoms with Crippen LogP contribution >= 0.6 is 0 Å². The Morgan fingerprint density at radius 3 is 2.61 bits per heavy atom. The summed E-state index contributed by atoms with van der Waals surface area (Å²) in [6.07, 6.45) is 8.08. The lowest BCUT2D eigenvalue weighted by molar-refractivity contribution is 0.301. The number of aryl methyl sites for hydroxylation is 1. The first-order valence-corrected chi connectivity index (χ1v) is 8.50. The number of benzene rings is 1. The van der Waals surface area contributed by atoms with Gasteiger partial charge in [-0.05, 0) is 69.7 Å². The molecule has 0 radical (unpaired) electrons. The molecular weight excluding hydrogens is 284 g/mol. The summed E-state index contributed by atoms with van der Waals surface area (Å²) in [5, 5.41) is 0. The van der Waals surface area contributed by atoms with E-state index in [9.17, 15) is 0 Å². The minimum Gasteiger partial charge on any atom is -0.487 e. The minimum absolute atomic E-state index is 0.523. The Kier molecular flexibility index (Phi) is 7.61. The number of nitrogens with zero attached hydrogens (tertiary/aromatic N) is 2. The topological polar surface area (TPSA) is 25.4 Å². The molecule has 0 unspecified atom stereocenters. The van der Waals surface area contributed by atoms with E-state index in [-0.39, 0.29) is 0 Å². The summed E-state index contributed by atoms with van der Waals surface area (Å²) in [5.41, 5.74) is 2.31. The van der Waals surface area contributed by atoms with Crippen LogP contribution in [0.25, 0.3) is 0 Å². The van der Waals surface area contributed by atoms with Crippen molar-refractivity contribution in [3.63, 3.8) is 0 Å². The Morgan fingerprint density at radius 2 is 1.83 bits per heavy atom. The standard InChI is InChI=1S/C20H28N2O/c1-22(2)15-8-4-3-5-10-18-11-9-13-20(16-18)23-17-19-12-6-7-14-21-19/h6-7,9,11-14,16H,3-5,8,10,15,17H2,1-2H3. The quantitative estimate of drug-likeness (QED) is 0.611. The average molecular weight is 312 g/mol. The molecule has 0 aliphatic carbocycles. The molecular formula is C20H28N2O. The normalized spacial score (nSPS) is 10.9. The number of hydrogen-bond acceptors (Lipinski definition) is 3. The van der Waals surface area contributed by atoms with Crippen molar-refractivity contribution in [3.05, 3.63) is 59.9 Å². The van der Waals surface area contributed by atoms with Crippen molar-refractivity contribution < 1.29 is 4.74 Å². The number of unbranched alkanes of at least 4 members (excludes halogenated alkanes) is 3. The van der Waals surface area contributed by atoms with Crippen LogP contribution < -0.4 is 4.74 Å². The zero-order valence-corrected chi connectivity index (χ0v) is 14.4. The fourth-order valence-electron chi connectivity index (χ4n) is 2.54. The Labute approximate surface area is 140 Å². The summed E-state index contributed by atoms with van der Waals surface area (Å²) in [6.45, 7) is 1.71. The van der Waals surface area contributed by atoms with E-state index in [1.165, 1.54) is 37.8 Å². The molecule has 1 aromatic carbocycles. The molecule has 0 bridgehead atoms. The number of aromatic nitrogens is 1. The van der Waals surface area contributed by atoms with Crippen molar-refractivity contribution in [2.75, 3.05) is 20.6 Å². The van der Waals surface area contributed by atoms with Gasteiger partial charge in [-0.2, -0.15) is 0 Å². The summed E-state index contributed by atoms with van der Waals surface area (Å²) < 4.78 is 5.84. The number of pyridine rings is 1. The highest BCUT2D eigenvalue weighted by molar-refractivity contribution is 5.28. The Balaban J connectivity index is 1.70. The van der Waals surface area contributed by atoms with Crippen LogP contribution in [0.15, 0.2) is 48.7 Å². The molecule has 0 fully saturated rings. The summed E-state index contributed by atoms with van der Waals surface area (Å²) in [6, 6.07) is 14.3. The fourth-order valence-corrected chi connectivity index (χ4v) is 2.54. The zero-order valence-electron chi connectivity index (χ0n) is 14.4. The number of ether oxygens (including phenoxy) is 1. The van der Waals surface area contributed by atoms with Crippen LogP contribution in [0.1, 0.15) is 36.9 Å². The maximum absolute atomic E-state index is 5.84. The SMILES string of the molecule is CN(C)CCCCCCc1cccc(OCc2ccccn2)c1. The minimum atomic E-state index is 0.523. The molecule has 0 aliphatic rings. The van der Waals surface area contributed by atoms with Crippen molar-refractivity contribution in [2.45, 2.75) is 38.7 Å². The van der Waals surface area contributed by atoms with Crippen LogP contribution in [-0.2, 0) is 13.0 Å². The highest BCUT2D eigenvalue weighted by Gasteiger charge is 2.00. The summed E-state index contributed by atoms with van der Waals surface area (Å²) in [4.78, 5) is 6.53. The highest BCUT2D eigenvalue weighted by atomic mass is 16.5. The molecule has 0 N–H and O–H groups in total. The Bertz CT molecular complexity index is 555. The van der Waals surface area contributed by atoms with E-state index in [1.807, 2.05) is 24.3 Å². The molecule has 3 heteroatoms. The Morgan fingerprint density at radius 1 is 0.957 bits per heavy atom. The van der Waals surface area contributed by atoms with Gasteiger partial charge in [-0.15, -0.1) is 0 Å². The van der Waals surface area contributed by atoms with E-state index in [2.05, 4.69) is 42.2 Å². The number of rotatable bonds is 10. The molecule has 1 heterocycles. The first-order valence-electron chi connectivity index (χ1n) is 8.50. The molecule has 0 saturated carbocycles. The number of hydrogen-bond donors (Lipinski definition) is 0. The van der Waals surface area contributed by atoms with Crippen molar-refractivity contribution in [3.8, 4) is 5.75 Å². The van der Waals surface area contributed by atoms with Gasteiger partial charge in [0, 0.05) is 6.20 Å². The lowest BCUT2D eigenvalue weighted by Gasteiger charge is -2.09. The second-order valence-corrected chi connectivity index (χ2v) is 6.22. The summed E-state index contributed by atoms with van der Waals surface area (Å²) >= 11 is 0. The van der Waals surface area contributed by atoms with Crippen LogP contribution in [0.4, 0.5) is 0 Å². The van der Waals surface area contributed by atoms with E-state index in [0.29, 0.717) is 6.61 Å². The van der Waals surface area contributed by atoms with Gasteiger partial charge in [0.25, 0.3) is 0 Å². The van der Waals surface area contributed by atoms with Crippen molar-refractivity contribution in [1.29, 1.82) is 0 Å². The molecule has 2 rings (SSSR count). The van der Waals surface area contributed by atoms with E-state index in [4.69, 9.17) is 4.74 Å². The lowest BCUT2D eigenvalue weighted by atomic mass is 10.1. The van der Waals surface area contributed by atoms with Gasteiger partial charge >= 0.3 is 0 Å². The van der Waals surface area contributed by atoms with E-state index >= 15 is 0 Å².